The number of anilines is 2. The van der Waals surface area contributed by atoms with Gasteiger partial charge in [0.05, 0.1) is 4.92 Å². The maximum Gasteiger partial charge on any atom is 0.311 e. The zero-order valence-corrected chi connectivity index (χ0v) is 11.3. The number of nitro groups is 1. The van der Waals surface area contributed by atoms with E-state index in [9.17, 15) is 10.1 Å². The molecule has 19 heavy (non-hydrogen) atoms. The summed E-state index contributed by atoms with van der Waals surface area (Å²) in [5.41, 5.74) is -0.0157. The van der Waals surface area contributed by atoms with Crippen LogP contribution >= 0.6 is 0 Å². The molecule has 0 saturated carbocycles. The van der Waals surface area contributed by atoms with E-state index in [1.165, 1.54) is 6.07 Å². The van der Waals surface area contributed by atoms with Gasteiger partial charge in [-0.25, -0.2) is 4.98 Å². The second-order valence-corrected chi connectivity index (χ2v) is 3.83. The van der Waals surface area contributed by atoms with Crippen molar-refractivity contribution in [2.24, 2.45) is 0 Å². The number of nitrogens with zero attached hydrogens (tertiary/aromatic N) is 2. The van der Waals surface area contributed by atoms with Crippen molar-refractivity contribution in [1.29, 1.82) is 0 Å². The summed E-state index contributed by atoms with van der Waals surface area (Å²) in [6.45, 7) is 6.48. The van der Waals surface area contributed by atoms with Crippen LogP contribution in [-0.4, -0.2) is 36.2 Å². The molecule has 0 spiro atoms. The Bertz CT molecular complexity index is 412. The molecule has 0 radical (unpaired) electrons. The van der Waals surface area contributed by atoms with Gasteiger partial charge in [-0.2, -0.15) is 0 Å². The van der Waals surface area contributed by atoms with Crippen LogP contribution in [0.3, 0.4) is 0 Å². The Labute approximate surface area is 112 Å². The lowest BCUT2D eigenvalue weighted by molar-refractivity contribution is -0.384. The van der Waals surface area contributed by atoms with E-state index in [2.05, 4.69) is 15.6 Å². The van der Waals surface area contributed by atoms with Gasteiger partial charge in [-0.1, -0.05) is 0 Å². The third kappa shape index (κ3) is 5.09. The normalized spacial score (nSPS) is 10.2. The Morgan fingerprint density at radius 1 is 1.37 bits per heavy atom. The van der Waals surface area contributed by atoms with Crippen LogP contribution in [0.25, 0.3) is 0 Å². The number of hydrogen-bond donors (Lipinski definition) is 2. The van der Waals surface area contributed by atoms with Gasteiger partial charge in [0.25, 0.3) is 0 Å². The van der Waals surface area contributed by atoms with Crippen LogP contribution in [0.2, 0.25) is 0 Å². The van der Waals surface area contributed by atoms with Gasteiger partial charge in [-0.05, 0) is 26.3 Å². The minimum absolute atomic E-state index is 0.0157. The van der Waals surface area contributed by atoms with Gasteiger partial charge in [0, 0.05) is 32.4 Å². The highest BCUT2D eigenvalue weighted by Gasteiger charge is 2.15. The van der Waals surface area contributed by atoms with Crippen LogP contribution in [0.1, 0.15) is 20.3 Å². The highest BCUT2D eigenvalue weighted by molar-refractivity contribution is 5.60. The number of nitrogens with one attached hydrogen (secondary N) is 2. The minimum atomic E-state index is -0.437. The van der Waals surface area contributed by atoms with Crippen LogP contribution in [0, 0.1) is 10.1 Å². The van der Waals surface area contributed by atoms with Crippen LogP contribution in [0.15, 0.2) is 12.1 Å². The molecule has 0 unspecified atom stereocenters. The summed E-state index contributed by atoms with van der Waals surface area (Å²) in [4.78, 5) is 14.7. The molecule has 0 aliphatic rings. The molecule has 0 aliphatic carbocycles. The van der Waals surface area contributed by atoms with Crippen molar-refractivity contribution in [3.8, 4) is 0 Å². The Balaban J connectivity index is 2.66. The van der Waals surface area contributed by atoms with Crippen molar-refractivity contribution in [3.63, 3.8) is 0 Å². The first-order valence-electron chi connectivity index (χ1n) is 6.40. The third-order valence-electron chi connectivity index (χ3n) is 2.39. The summed E-state index contributed by atoms with van der Waals surface area (Å²) >= 11 is 0. The maximum absolute atomic E-state index is 10.9. The summed E-state index contributed by atoms with van der Waals surface area (Å²) in [5, 5.41) is 16.9. The molecule has 1 heterocycles. The smallest absolute Gasteiger partial charge is 0.311 e. The van der Waals surface area contributed by atoms with Gasteiger partial charge in [-0.3, -0.25) is 10.1 Å². The highest BCUT2D eigenvalue weighted by Crippen LogP contribution is 2.23. The van der Waals surface area contributed by atoms with Crippen LogP contribution < -0.4 is 10.6 Å². The quantitative estimate of drug-likeness (QED) is 0.405. The Hall–Kier alpha value is -1.89. The lowest BCUT2D eigenvalue weighted by Crippen LogP contribution is -2.10. The molecule has 1 rings (SSSR count). The molecule has 7 nitrogen and oxygen atoms in total. The lowest BCUT2D eigenvalue weighted by atomic mass is 10.3. The van der Waals surface area contributed by atoms with Crippen LogP contribution in [0.5, 0.6) is 0 Å². The minimum Gasteiger partial charge on any atom is -0.382 e. The van der Waals surface area contributed by atoms with Crippen molar-refractivity contribution in [3.05, 3.63) is 22.2 Å². The predicted molar refractivity (Wildman–Crippen MR) is 74.7 cm³/mol. The fourth-order valence-corrected chi connectivity index (χ4v) is 1.53. The molecule has 0 amide bonds. The third-order valence-corrected chi connectivity index (χ3v) is 2.39. The molecule has 7 heteroatoms. The number of aromatic nitrogens is 1. The molecule has 1 aromatic rings. The zero-order chi connectivity index (χ0) is 14.1. The fourth-order valence-electron chi connectivity index (χ4n) is 1.53. The highest BCUT2D eigenvalue weighted by atomic mass is 16.6. The van der Waals surface area contributed by atoms with Gasteiger partial charge in [0.1, 0.15) is 5.82 Å². The van der Waals surface area contributed by atoms with Crippen molar-refractivity contribution < 1.29 is 9.66 Å². The summed E-state index contributed by atoms with van der Waals surface area (Å²) in [7, 11) is 0. The fraction of sp³-hybridized carbons (Fsp3) is 0.583. The Kier molecular flexibility index (Phi) is 6.59. The molecule has 0 bridgehead atoms. The monoisotopic (exact) mass is 268 g/mol. The van der Waals surface area contributed by atoms with E-state index in [4.69, 9.17) is 4.74 Å². The molecule has 0 aliphatic heterocycles. The van der Waals surface area contributed by atoms with Crippen molar-refractivity contribution in [1.82, 2.24) is 4.98 Å². The summed E-state index contributed by atoms with van der Waals surface area (Å²) in [5.74, 6) is 0.917. The van der Waals surface area contributed by atoms with E-state index in [-0.39, 0.29) is 5.69 Å². The van der Waals surface area contributed by atoms with E-state index in [1.807, 2.05) is 13.8 Å². The average Bonchev–Trinajstić information content (AvgIpc) is 2.39. The average molecular weight is 268 g/mol. The molecule has 1 aromatic heterocycles. The molecule has 0 saturated heterocycles. The molecule has 106 valence electrons. The summed E-state index contributed by atoms with van der Waals surface area (Å²) in [6, 6.07) is 3.06. The largest absolute Gasteiger partial charge is 0.382 e. The predicted octanol–water partition coefficient (Wildman–Crippen LogP) is 2.26. The Morgan fingerprint density at radius 2 is 2.16 bits per heavy atom. The number of rotatable bonds is 9. The SMILES string of the molecule is CCNc1ccc([N+](=O)[O-])c(NCCCOCC)n1. The lowest BCUT2D eigenvalue weighted by Gasteiger charge is -2.08. The zero-order valence-electron chi connectivity index (χ0n) is 11.3. The topological polar surface area (TPSA) is 89.3 Å². The van der Waals surface area contributed by atoms with E-state index in [0.717, 1.165) is 6.42 Å². The maximum atomic E-state index is 10.9. The number of hydrogen-bond acceptors (Lipinski definition) is 6. The number of ether oxygens (including phenoxy) is 1. The van der Waals surface area contributed by atoms with Crippen LogP contribution in [-0.2, 0) is 4.74 Å². The van der Waals surface area contributed by atoms with E-state index >= 15 is 0 Å². The standard InChI is InChI=1S/C12H20N4O3/c1-3-13-11-7-6-10(16(17)18)12(15-11)14-8-5-9-19-4-2/h6-7H,3-5,8-9H2,1-2H3,(H2,13,14,15). The molecular weight excluding hydrogens is 248 g/mol. The second-order valence-electron chi connectivity index (χ2n) is 3.83. The summed E-state index contributed by atoms with van der Waals surface area (Å²) in [6.07, 6.45) is 0.776. The molecule has 0 fully saturated rings. The molecule has 2 N–H and O–H groups in total. The van der Waals surface area contributed by atoms with Gasteiger partial charge in [0.2, 0.25) is 5.82 Å². The molecular formula is C12H20N4O3. The second kappa shape index (κ2) is 8.25. The number of pyridine rings is 1. The summed E-state index contributed by atoms with van der Waals surface area (Å²) < 4.78 is 5.20. The Morgan fingerprint density at radius 3 is 2.79 bits per heavy atom. The van der Waals surface area contributed by atoms with E-state index in [1.54, 1.807) is 6.07 Å². The van der Waals surface area contributed by atoms with E-state index < -0.39 is 4.92 Å². The first-order valence-corrected chi connectivity index (χ1v) is 6.40. The van der Waals surface area contributed by atoms with Gasteiger partial charge >= 0.3 is 5.69 Å². The van der Waals surface area contributed by atoms with Gasteiger partial charge in [-0.15, -0.1) is 0 Å². The molecule has 0 aromatic carbocycles. The van der Waals surface area contributed by atoms with Crippen molar-refractivity contribution in [2.45, 2.75) is 20.3 Å². The van der Waals surface area contributed by atoms with E-state index in [0.29, 0.717) is 37.9 Å². The van der Waals surface area contributed by atoms with Gasteiger partial charge in [0.15, 0.2) is 0 Å². The van der Waals surface area contributed by atoms with Gasteiger partial charge < -0.3 is 15.4 Å². The first kappa shape index (κ1) is 15.2. The van der Waals surface area contributed by atoms with Crippen LogP contribution in [0.4, 0.5) is 17.3 Å². The first-order chi connectivity index (χ1) is 9.19. The molecule has 0 atom stereocenters. The van der Waals surface area contributed by atoms with Crippen molar-refractivity contribution >= 4 is 17.3 Å². The van der Waals surface area contributed by atoms with Crippen molar-refractivity contribution in [2.75, 3.05) is 36.9 Å².